The monoisotopic (exact) mass is 348 g/mol. The first-order chi connectivity index (χ1) is 10.1. The number of para-hydroxylation sites is 1. The number of carbonyl (C=O) groups excluding carboxylic acids is 1. The van der Waals surface area contributed by atoms with E-state index in [1.165, 1.54) is 0 Å². The highest BCUT2D eigenvalue weighted by Gasteiger charge is 2.11. The second-order valence-corrected chi connectivity index (χ2v) is 5.59. The lowest BCUT2D eigenvalue weighted by Gasteiger charge is -2.14. The van der Waals surface area contributed by atoms with Crippen LogP contribution in [0.3, 0.4) is 0 Å². The van der Waals surface area contributed by atoms with E-state index in [4.69, 9.17) is 10.5 Å². The molecule has 110 valence electrons. The molecule has 0 unspecified atom stereocenters. The van der Waals surface area contributed by atoms with Crippen LogP contribution in [-0.4, -0.2) is 12.5 Å². The van der Waals surface area contributed by atoms with Gasteiger partial charge in [-0.3, -0.25) is 4.79 Å². The molecule has 0 bridgehead atoms. The fourth-order valence-electron chi connectivity index (χ4n) is 1.87. The third-order valence-corrected chi connectivity index (χ3v) is 3.38. The Balaban J connectivity index is 1.99. The van der Waals surface area contributed by atoms with Crippen molar-refractivity contribution < 1.29 is 9.53 Å². The summed E-state index contributed by atoms with van der Waals surface area (Å²) in [5.74, 6) is 0.402. The molecule has 1 atom stereocenters. The van der Waals surface area contributed by atoms with Gasteiger partial charge in [-0.05, 0) is 31.2 Å². The Bertz CT molecular complexity index is 615. The fourth-order valence-corrected chi connectivity index (χ4v) is 2.21. The standard InChI is InChI=1S/C16H17BrN2O2/c1-11(18)14-8-7-12(17)9-15(14)21-10-16(20)19-13-5-3-2-4-6-13/h2-9,11H,10,18H2,1H3,(H,19,20)/t11-/m1/s1. The number of carbonyl (C=O) groups is 1. The van der Waals surface area contributed by atoms with Gasteiger partial charge in [0.15, 0.2) is 6.61 Å². The molecule has 2 aromatic rings. The van der Waals surface area contributed by atoms with Gasteiger partial charge in [0.05, 0.1) is 0 Å². The second kappa shape index (κ2) is 7.24. The Hall–Kier alpha value is -1.85. The average molecular weight is 349 g/mol. The van der Waals surface area contributed by atoms with Crippen molar-refractivity contribution in [2.75, 3.05) is 11.9 Å². The molecular weight excluding hydrogens is 332 g/mol. The molecule has 21 heavy (non-hydrogen) atoms. The van der Waals surface area contributed by atoms with Crippen LogP contribution in [0, 0.1) is 0 Å². The number of ether oxygens (including phenoxy) is 1. The van der Waals surface area contributed by atoms with Gasteiger partial charge >= 0.3 is 0 Å². The summed E-state index contributed by atoms with van der Waals surface area (Å²) in [7, 11) is 0. The number of rotatable bonds is 5. The summed E-state index contributed by atoms with van der Waals surface area (Å²) in [5.41, 5.74) is 7.51. The molecule has 0 saturated heterocycles. The lowest BCUT2D eigenvalue weighted by molar-refractivity contribution is -0.118. The summed E-state index contributed by atoms with van der Waals surface area (Å²) in [6.45, 7) is 1.81. The third kappa shape index (κ3) is 4.58. The van der Waals surface area contributed by atoms with E-state index in [0.29, 0.717) is 5.75 Å². The number of nitrogens with one attached hydrogen (secondary N) is 1. The van der Waals surface area contributed by atoms with Crippen molar-refractivity contribution in [1.29, 1.82) is 0 Å². The first-order valence-corrected chi connectivity index (χ1v) is 7.38. The molecule has 5 heteroatoms. The molecule has 0 heterocycles. The molecule has 0 radical (unpaired) electrons. The number of nitrogens with two attached hydrogens (primary N) is 1. The molecule has 0 aliphatic rings. The summed E-state index contributed by atoms with van der Waals surface area (Å²) in [4.78, 5) is 11.9. The van der Waals surface area contributed by atoms with Crippen LogP contribution in [0.25, 0.3) is 0 Å². The van der Waals surface area contributed by atoms with E-state index in [1.807, 2.05) is 55.5 Å². The Kier molecular flexibility index (Phi) is 5.36. The summed E-state index contributed by atoms with van der Waals surface area (Å²) < 4.78 is 6.47. The van der Waals surface area contributed by atoms with Crippen LogP contribution in [0.4, 0.5) is 5.69 Å². The number of hydrogen-bond acceptors (Lipinski definition) is 3. The van der Waals surface area contributed by atoms with Crippen LogP contribution in [0.5, 0.6) is 5.75 Å². The Labute approximate surface area is 132 Å². The van der Waals surface area contributed by atoms with Gasteiger partial charge in [-0.15, -0.1) is 0 Å². The van der Waals surface area contributed by atoms with Gasteiger partial charge in [0.25, 0.3) is 5.91 Å². The molecule has 0 fully saturated rings. The first kappa shape index (κ1) is 15.5. The molecule has 1 amide bonds. The van der Waals surface area contributed by atoms with Crippen molar-refractivity contribution in [3.63, 3.8) is 0 Å². The smallest absolute Gasteiger partial charge is 0.262 e. The van der Waals surface area contributed by atoms with Crippen LogP contribution < -0.4 is 15.8 Å². The third-order valence-electron chi connectivity index (χ3n) is 2.88. The zero-order chi connectivity index (χ0) is 15.2. The van der Waals surface area contributed by atoms with E-state index >= 15 is 0 Å². The molecule has 2 rings (SSSR count). The predicted octanol–water partition coefficient (Wildman–Crippen LogP) is 3.49. The largest absolute Gasteiger partial charge is 0.483 e. The van der Waals surface area contributed by atoms with E-state index in [2.05, 4.69) is 21.2 Å². The maximum absolute atomic E-state index is 11.9. The van der Waals surface area contributed by atoms with E-state index < -0.39 is 0 Å². The van der Waals surface area contributed by atoms with Crippen LogP contribution in [0.2, 0.25) is 0 Å². The summed E-state index contributed by atoms with van der Waals surface area (Å²) in [6, 6.07) is 14.7. The molecule has 0 aliphatic carbocycles. The Morgan fingerprint density at radius 1 is 1.29 bits per heavy atom. The number of halogens is 1. The zero-order valence-corrected chi connectivity index (χ0v) is 13.3. The van der Waals surface area contributed by atoms with E-state index in [0.717, 1.165) is 15.7 Å². The van der Waals surface area contributed by atoms with Crippen LogP contribution >= 0.6 is 15.9 Å². The number of benzene rings is 2. The van der Waals surface area contributed by atoms with Crippen LogP contribution in [0.1, 0.15) is 18.5 Å². The minimum absolute atomic E-state index is 0.0644. The zero-order valence-electron chi connectivity index (χ0n) is 11.7. The van der Waals surface area contributed by atoms with Gasteiger partial charge in [-0.25, -0.2) is 0 Å². The fraction of sp³-hybridized carbons (Fsp3) is 0.188. The molecule has 0 saturated carbocycles. The molecule has 3 N–H and O–H groups in total. The molecular formula is C16H17BrN2O2. The number of amides is 1. The first-order valence-electron chi connectivity index (χ1n) is 6.59. The summed E-state index contributed by atoms with van der Waals surface area (Å²) in [6.07, 6.45) is 0. The van der Waals surface area contributed by atoms with Gasteiger partial charge < -0.3 is 15.8 Å². The van der Waals surface area contributed by atoms with E-state index in [-0.39, 0.29) is 18.6 Å². The van der Waals surface area contributed by atoms with E-state index in [1.54, 1.807) is 0 Å². The number of hydrogen-bond donors (Lipinski definition) is 2. The molecule has 0 aliphatic heterocycles. The van der Waals surface area contributed by atoms with Crippen molar-refractivity contribution in [2.45, 2.75) is 13.0 Å². The Morgan fingerprint density at radius 2 is 2.00 bits per heavy atom. The molecule has 2 aromatic carbocycles. The lowest BCUT2D eigenvalue weighted by atomic mass is 10.1. The highest BCUT2D eigenvalue weighted by molar-refractivity contribution is 9.10. The van der Waals surface area contributed by atoms with Gasteiger partial charge in [0.1, 0.15) is 5.75 Å². The van der Waals surface area contributed by atoms with Crippen molar-refractivity contribution in [2.24, 2.45) is 5.73 Å². The topological polar surface area (TPSA) is 64.3 Å². The van der Waals surface area contributed by atoms with Gasteiger partial charge in [0, 0.05) is 21.8 Å². The van der Waals surface area contributed by atoms with Gasteiger partial charge in [0.2, 0.25) is 0 Å². The van der Waals surface area contributed by atoms with Gasteiger partial charge in [-0.2, -0.15) is 0 Å². The van der Waals surface area contributed by atoms with Crippen LogP contribution in [-0.2, 0) is 4.79 Å². The minimum Gasteiger partial charge on any atom is -0.483 e. The summed E-state index contributed by atoms with van der Waals surface area (Å²) in [5, 5.41) is 2.77. The maximum Gasteiger partial charge on any atom is 0.262 e. The summed E-state index contributed by atoms with van der Waals surface area (Å²) >= 11 is 3.38. The van der Waals surface area contributed by atoms with Crippen molar-refractivity contribution in [3.05, 3.63) is 58.6 Å². The molecule has 4 nitrogen and oxygen atoms in total. The van der Waals surface area contributed by atoms with Crippen molar-refractivity contribution >= 4 is 27.5 Å². The molecule has 0 aromatic heterocycles. The Morgan fingerprint density at radius 3 is 2.67 bits per heavy atom. The van der Waals surface area contributed by atoms with Crippen molar-refractivity contribution in [1.82, 2.24) is 0 Å². The van der Waals surface area contributed by atoms with Gasteiger partial charge in [-0.1, -0.05) is 40.2 Å². The van der Waals surface area contributed by atoms with Crippen molar-refractivity contribution in [3.8, 4) is 5.75 Å². The predicted molar refractivity (Wildman–Crippen MR) is 87.3 cm³/mol. The minimum atomic E-state index is -0.211. The highest BCUT2D eigenvalue weighted by Crippen LogP contribution is 2.27. The molecule has 0 spiro atoms. The number of anilines is 1. The average Bonchev–Trinajstić information content (AvgIpc) is 2.46. The highest BCUT2D eigenvalue weighted by atomic mass is 79.9. The lowest BCUT2D eigenvalue weighted by Crippen LogP contribution is -2.21. The SMILES string of the molecule is C[C@@H](N)c1ccc(Br)cc1OCC(=O)Nc1ccccc1. The van der Waals surface area contributed by atoms with E-state index in [9.17, 15) is 4.79 Å². The maximum atomic E-state index is 11.9. The van der Waals surface area contributed by atoms with Crippen LogP contribution in [0.15, 0.2) is 53.0 Å². The quantitative estimate of drug-likeness (QED) is 0.869. The second-order valence-electron chi connectivity index (χ2n) is 4.67. The normalized spacial score (nSPS) is 11.8.